The van der Waals surface area contributed by atoms with Crippen LogP contribution in [-0.4, -0.2) is 41.7 Å². The number of fused-ring (bicyclic) bond motifs is 1. The lowest BCUT2D eigenvalue weighted by molar-refractivity contribution is -0.384. The Bertz CT molecular complexity index is 1730. The number of nitrogens with zero attached hydrogens (tertiary/aromatic N) is 2. The Kier molecular flexibility index (Phi) is 8.92. The lowest BCUT2D eigenvalue weighted by Gasteiger charge is -2.16. The van der Waals surface area contributed by atoms with Gasteiger partial charge >= 0.3 is 5.97 Å². The molecule has 0 amide bonds. The zero-order chi connectivity index (χ0) is 30.8. The number of hydrogen-bond acceptors (Lipinski definition) is 7. The molecule has 2 heterocycles. The van der Waals surface area contributed by atoms with Crippen LogP contribution in [0.5, 0.6) is 11.5 Å². The van der Waals surface area contributed by atoms with Crippen molar-refractivity contribution < 1.29 is 32.7 Å². The van der Waals surface area contributed by atoms with Gasteiger partial charge in [0.25, 0.3) is 11.2 Å². The Morgan fingerprint density at radius 1 is 1.12 bits per heavy atom. The van der Waals surface area contributed by atoms with Gasteiger partial charge in [0.05, 0.1) is 16.9 Å². The second-order valence-electron chi connectivity index (χ2n) is 10.9. The Labute approximate surface area is 241 Å². The number of halogens is 2. The van der Waals surface area contributed by atoms with E-state index in [9.17, 15) is 28.5 Å². The van der Waals surface area contributed by atoms with Crippen molar-refractivity contribution in [1.82, 2.24) is 9.55 Å². The van der Waals surface area contributed by atoms with E-state index >= 15 is 0 Å². The first kappa shape index (κ1) is 30.6. The molecule has 2 aromatic heterocycles. The average Bonchev–Trinajstić information content (AvgIpc) is 3.24. The molecular formula is C29H31F2N3O7Si. The fourth-order valence-electron chi connectivity index (χ4n) is 4.41. The van der Waals surface area contributed by atoms with Crippen LogP contribution in [0.25, 0.3) is 21.9 Å². The molecule has 4 rings (SSSR count). The number of hydrogen-bond donors (Lipinski definition) is 1. The molecule has 0 bridgehead atoms. The summed E-state index contributed by atoms with van der Waals surface area (Å²) in [5, 5.41) is 12.3. The lowest BCUT2D eigenvalue weighted by atomic mass is 9.97. The van der Waals surface area contributed by atoms with E-state index in [1.165, 1.54) is 6.07 Å². The van der Waals surface area contributed by atoms with Crippen molar-refractivity contribution in [2.45, 2.75) is 46.3 Å². The number of rotatable bonds is 11. The molecule has 1 N–H and O–H groups in total. The molecule has 42 heavy (non-hydrogen) atoms. The van der Waals surface area contributed by atoms with E-state index in [2.05, 4.69) is 24.6 Å². The van der Waals surface area contributed by atoms with E-state index in [4.69, 9.17) is 14.2 Å². The van der Waals surface area contributed by atoms with E-state index < -0.39 is 36.2 Å². The maximum absolute atomic E-state index is 14.6. The molecule has 222 valence electrons. The highest BCUT2D eigenvalue weighted by atomic mass is 28.3. The van der Waals surface area contributed by atoms with Crippen LogP contribution >= 0.6 is 0 Å². The summed E-state index contributed by atoms with van der Waals surface area (Å²) in [7, 11) is -1.35. The molecule has 13 heteroatoms. The predicted molar refractivity (Wildman–Crippen MR) is 156 cm³/mol. The number of H-pyrrole nitrogens is 1. The molecule has 2 aromatic carbocycles. The van der Waals surface area contributed by atoms with Crippen molar-refractivity contribution in [3.05, 3.63) is 86.1 Å². The van der Waals surface area contributed by atoms with Gasteiger partial charge < -0.3 is 23.8 Å². The molecule has 0 atom stereocenters. The number of nitrogens with one attached hydrogen (secondary N) is 1. The van der Waals surface area contributed by atoms with Gasteiger partial charge in [-0.2, -0.15) is 0 Å². The molecule has 0 unspecified atom stereocenters. The number of aryl methyl sites for hydroxylation is 1. The van der Waals surface area contributed by atoms with Gasteiger partial charge in [0.1, 0.15) is 24.0 Å². The van der Waals surface area contributed by atoms with Crippen molar-refractivity contribution in [2.24, 2.45) is 0 Å². The van der Waals surface area contributed by atoms with E-state index in [1.54, 1.807) is 24.6 Å². The number of nitro benzene ring substituents is 1. The van der Waals surface area contributed by atoms with Gasteiger partial charge in [-0.3, -0.25) is 14.9 Å². The first-order valence-corrected chi connectivity index (χ1v) is 16.9. The molecule has 0 aliphatic rings. The minimum Gasteiger partial charge on any atom is -0.461 e. The van der Waals surface area contributed by atoms with E-state index in [0.717, 1.165) is 30.3 Å². The van der Waals surface area contributed by atoms with Gasteiger partial charge in [-0.05, 0) is 38.1 Å². The SMILES string of the molecule is CCOC(=O)c1[nH]c(=O)c2c(C)n(COCC[Si](C)(C)C)cc2c1-c1cc([N+](=O)[O-])ccc1Oc1ccc(F)cc1F. The van der Waals surface area contributed by atoms with Crippen molar-refractivity contribution in [3.63, 3.8) is 0 Å². The largest absolute Gasteiger partial charge is 0.461 e. The number of pyridine rings is 1. The normalized spacial score (nSPS) is 11.6. The highest BCUT2D eigenvalue weighted by Crippen LogP contribution is 2.41. The number of benzene rings is 2. The highest BCUT2D eigenvalue weighted by molar-refractivity contribution is 6.76. The minimum absolute atomic E-state index is 0.00836. The smallest absolute Gasteiger partial charge is 0.355 e. The molecule has 4 aromatic rings. The first-order chi connectivity index (χ1) is 19.8. The predicted octanol–water partition coefficient (Wildman–Crippen LogP) is 6.77. The molecule has 0 saturated carbocycles. The highest BCUT2D eigenvalue weighted by Gasteiger charge is 2.27. The van der Waals surface area contributed by atoms with Gasteiger partial charge in [0, 0.05) is 61.3 Å². The number of ether oxygens (including phenoxy) is 3. The molecule has 0 aliphatic heterocycles. The number of aromatic amines is 1. The second kappa shape index (κ2) is 12.2. The van der Waals surface area contributed by atoms with Gasteiger partial charge in [0.2, 0.25) is 0 Å². The van der Waals surface area contributed by atoms with E-state index in [1.807, 2.05) is 0 Å². The zero-order valence-corrected chi connectivity index (χ0v) is 24.9. The average molecular weight is 600 g/mol. The number of esters is 1. The molecule has 0 fully saturated rings. The topological polar surface area (TPSA) is 126 Å². The summed E-state index contributed by atoms with van der Waals surface area (Å²) in [6.45, 7) is 10.6. The standard InChI is InChI=1S/C29H31F2N3O7Si/c1-6-40-29(36)27-26(21-15-33(16-39-11-12-42(3,4)5)17(2)25(21)28(35)32-27)20-14-19(34(37)38)8-10-23(20)41-24-9-7-18(30)13-22(24)31/h7-10,13-15H,6,11-12,16H2,1-5H3,(H,32,35). The molecular weight excluding hydrogens is 568 g/mol. The fourth-order valence-corrected chi connectivity index (χ4v) is 5.17. The summed E-state index contributed by atoms with van der Waals surface area (Å²) in [6, 6.07) is 7.18. The Morgan fingerprint density at radius 2 is 1.83 bits per heavy atom. The third kappa shape index (κ3) is 6.58. The number of aromatic nitrogens is 2. The van der Waals surface area contributed by atoms with Crippen molar-refractivity contribution >= 4 is 30.5 Å². The van der Waals surface area contributed by atoms with Gasteiger partial charge in [-0.25, -0.2) is 13.6 Å². The number of carbonyl (C=O) groups excluding carboxylic acids is 1. The number of nitro groups is 1. The van der Waals surface area contributed by atoms with Crippen molar-refractivity contribution in [3.8, 4) is 22.6 Å². The third-order valence-electron chi connectivity index (χ3n) is 6.60. The van der Waals surface area contributed by atoms with Crippen LogP contribution in [0.4, 0.5) is 14.5 Å². The van der Waals surface area contributed by atoms with Gasteiger partial charge in [-0.1, -0.05) is 19.6 Å². The van der Waals surface area contributed by atoms with Crippen LogP contribution < -0.4 is 10.3 Å². The summed E-state index contributed by atoms with van der Waals surface area (Å²) < 4.78 is 46.7. The molecule has 0 aliphatic carbocycles. The van der Waals surface area contributed by atoms with Crippen LogP contribution in [0, 0.1) is 28.7 Å². The van der Waals surface area contributed by atoms with Crippen LogP contribution in [0.2, 0.25) is 25.7 Å². The molecule has 0 radical (unpaired) electrons. The Balaban J connectivity index is 1.96. The second-order valence-corrected chi connectivity index (χ2v) is 16.5. The minimum atomic E-state index is -1.35. The lowest BCUT2D eigenvalue weighted by Crippen LogP contribution is -2.22. The Hall–Kier alpha value is -4.36. The molecule has 10 nitrogen and oxygen atoms in total. The summed E-state index contributed by atoms with van der Waals surface area (Å²) in [5.41, 5.74) is -0.573. The third-order valence-corrected chi connectivity index (χ3v) is 8.30. The van der Waals surface area contributed by atoms with Crippen LogP contribution in [-0.2, 0) is 16.2 Å². The van der Waals surface area contributed by atoms with Gasteiger partial charge in [-0.15, -0.1) is 0 Å². The summed E-state index contributed by atoms with van der Waals surface area (Å²) in [4.78, 5) is 40.1. The monoisotopic (exact) mass is 599 g/mol. The summed E-state index contributed by atoms with van der Waals surface area (Å²) >= 11 is 0. The summed E-state index contributed by atoms with van der Waals surface area (Å²) in [6.07, 6.45) is 1.62. The number of carbonyl (C=O) groups is 1. The van der Waals surface area contributed by atoms with E-state index in [-0.39, 0.29) is 58.1 Å². The van der Waals surface area contributed by atoms with Crippen molar-refractivity contribution in [2.75, 3.05) is 13.2 Å². The maximum Gasteiger partial charge on any atom is 0.355 e. The number of non-ortho nitro benzene ring substituents is 1. The summed E-state index contributed by atoms with van der Waals surface area (Å²) in [5.74, 6) is -3.14. The maximum atomic E-state index is 14.6. The van der Waals surface area contributed by atoms with Crippen LogP contribution in [0.1, 0.15) is 23.1 Å². The Morgan fingerprint density at radius 3 is 2.48 bits per heavy atom. The molecule has 0 saturated heterocycles. The van der Waals surface area contributed by atoms with Crippen LogP contribution in [0.3, 0.4) is 0 Å². The first-order valence-electron chi connectivity index (χ1n) is 13.2. The molecule has 0 spiro atoms. The van der Waals surface area contributed by atoms with E-state index in [0.29, 0.717) is 18.4 Å². The quantitative estimate of drug-likeness (QED) is 0.0663. The van der Waals surface area contributed by atoms with Crippen molar-refractivity contribution in [1.29, 1.82) is 0 Å². The van der Waals surface area contributed by atoms with Gasteiger partial charge in [0.15, 0.2) is 11.6 Å². The van der Waals surface area contributed by atoms with Crippen LogP contribution in [0.15, 0.2) is 47.4 Å². The fraction of sp³-hybridized carbons (Fsp3) is 0.310. The zero-order valence-electron chi connectivity index (χ0n) is 23.9.